The highest BCUT2D eigenvalue weighted by Crippen LogP contribution is 2.37. The van der Waals surface area contributed by atoms with Gasteiger partial charge in [-0.3, -0.25) is 0 Å². The fourth-order valence-electron chi connectivity index (χ4n) is 2.13. The number of rotatable bonds is 2. The lowest BCUT2D eigenvalue weighted by Crippen LogP contribution is -2.05. The largest absolute Gasteiger partial charge is 0.495 e. The van der Waals surface area contributed by atoms with Crippen molar-refractivity contribution in [2.75, 3.05) is 7.11 Å². The van der Waals surface area contributed by atoms with Crippen LogP contribution in [0.1, 0.15) is 16.1 Å². The molecule has 1 aromatic carbocycles. The molecule has 0 aliphatic heterocycles. The molecule has 0 fully saturated rings. The van der Waals surface area contributed by atoms with Gasteiger partial charge in [0, 0.05) is 12.4 Å². The maximum atomic E-state index is 11.2. The van der Waals surface area contributed by atoms with E-state index in [-0.39, 0.29) is 5.69 Å². The predicted molar refractivity (Wildman–Crippen MR) is 66.2 cm³/mol. The van der Waals surface area contributed by atoms with Crippen LogP contribution in [0.2, 0.25) is 5.02 Å². The minimum atomic E-state index is -0.962. The zero-order valence-electron chi connectivity index (χ0n) is 9.74. The van der Waals surface area contributed by atoms with Gasteiger partial charge in [-0.05, 0) is 24.6 Å². The summed E-state index contributed by atoms with van der Waals surface area (Å²) in [5.74, 6) is -0.416. The molecule has 2 aromatic rings. The monoisotopic (exact) mass is 253 g/mol. The molecular formula is C12H12ClNO3. The summed E-state index contributed by atoms with van der Waals surface area (Å²) in [4.78, 5) is 11.2. The number of hydrogen-bond donors (Lipinski definition) is 1. The Kier molecular flexibility index (Phi) is 2.75. The Morgan fingerprint density at radius 2 is 2.12 bits per heavy atom. The minimum absolute atomic E-state index is 0.246. The molecule has 0 saturated carbocycles. The smallest absolute Gasteiger partial charge is 0.352 e. The Bertz CT molecular complexity index is 616. The average Bonchev–Trinajstić information content (AvgIpc) is 2.52. The number of aromatic nitrogens is 1. The molecule has 5 heteroatoms. The van der Waals surface area contributed by atoms with Crippen molar-refractivity contribution in [1.82, 2.24) is 4.57 Å². The first-order valence-corrected chi connectivity index (χ1v) is 5.41. The van der Waals surface area contributed by atoms with Gasteiger partial charge in [0.05, 0.1) is 17.6 Å². The van der Waals surface area contributed by atoms with Crippen LogP contribution in [0.25, 0.3) is 10.9 Å². The van der Waals surface area contributed by atoms with Gasteiger partial charge in [0.2, 0.25) is 0 Å². The number of fused-ring (bicyclic) bond motifs is 1. The molecule has 4 nitrogen and oxygen atoms in total. The lowest BCUT2D eigenvalue weighted by Gasteiger charge is -2.04. The van der Waals surface area contributed by atoms with Crippen molar-refractivity contribution < 1.29 is 14.6 Å². The Balaban J connectivity index is 2.93. The third-order valence-corrected chi connectivity index (χ3v) is 3.31. The van der Waals surface area contributed by atoms with Gasteiger partial charge in [-0.2, -0.15) is 0 Å². The molecule has 1 N–H and O–H groups in total. The summed E-state index contributed by atoms with van der Waals surface area (Å²) >= 11 is 6.21. The lowest BCUT2D eigenvalue weighted by atomic mass is 10.1. The molecule has 17 heavy (non-hydrogen) atoms. The van der Waals surface area contributed by atoms with E-state index in [4.69, 9.17) is 21.4 Å². The fraction of sp³-hybridized carbons (Fsp3) is 0.250. The third-order valence-electron chi connectivity index (χ3n) is 2.93. The number of benzene rings is 1. The third kappa shape index (κ3) is 1.56. The number of nitrogens with zero attached hydrogens (tertiary/aromatic N) is 1. The molecule has 0 radical (unpaired) electrons. The van der Waals surface area contributed by atoms with E-state index in [0.717, 1.165) is 10.9 Å². The van der Waals surface area contributed by atoms with Crippen LogP contribution in [0.15, 0.2) is 12.1 Å². The number of hydrogen-bond acceptors (Lipinski definition) is 2. The Labute approximate surface area is 103 Å². The Hall–Kier alpha value is -1.68. The molecule has 1 aromatic heterocycles. The Morgan fingerprint density at radius 3 is 2.65 bits per heavy atom. The zero-order valence-corrected chi connectivity index (χ0v) is 10.5. The summed E-state index contributed by atoms with van der Waals surface area (Å²) in [5.41, 5.74) is 1.68. The van der Waals surface area contributed by atoms with Crippen LogP contribution < -0.4 is 4.74 Å². The van der Waals surface area contributed by atoms with Crippen LogP contribution >= 0.6 is 11.6 Å². The molecule has 0 spiro atoms. The van der Waals surface area contributed by atoms with Gasteiger partial charge in [-0.1, -0.05) is 11.6 Å². The number of halogens is 1. The second kappa shape index (κ2) is 3.96. The number of methoxy groups -OCH3 is 1. The first-order chi connectivity index (χ1) is 7.99. The van der Waals surface area contributed by atoms with Crippen molar-refractivity contribution in [3.05, 3.63) is 28.4 Å². The van der Waals surface area contributed by atoms with Crippen molar-refractivity contribution in [3.8, 4) is 5.75 Å². The maximum absolute atomic E-state index is 11.2. The number of carboxylic acids is 1. The summed E-state index contributed by atoms with van der Waals surface area (Å²) in [5, 5.41) is 10.3. The van der Waals surface area contributed by atoms with Crippen molar-refractivity contribution in [1.29, 1.82) is 0 Å². The van der Waals surface area contributed by atoms with Gasteiger partial charge in [-0.15, -0.1) is 0 Å². The molecule has 0 aliphatic carbocycles. The van der Waals surface area contributed by atoms with Crippen LogP contribution in [-0.2, 0) is 7.05 Å². The van der Waals surface area contributed by atoms with Gasteiger partial charge >= 0.3 is 5.97 Å². The molecule has 0 atom stereocenters. The zero-order chi connectivity index (χ0) is 12.7. The highest BCUT2D eigenvalue weighted by Gasteiger charge is 2.20. The van der Waals surface area contributed by atoms with Crippen molar-refractivity contribution >= 4 is 28.5 Å². The summed E-state index contributed by atoms with van der Waals surface area (Å²) in [7, 11) is 3.24. The molecule has 0 unspecified atom stereocenters. The van der Waals surface area contributed by atoms with Crippen LogP contribution in [0, 0.1) is 6.92 Å². The predicted octanol–water partition coefficient (Wildman–Crippen LogP) is 2.85. The van der Waals surface area contributed by atoms with Gasteiger partial charge in [0.15, 0.2) is 0 Å². The van der Waals surface area contributed by atoms with E-state index < -0.39 is 5.97 Å². The number of ether oxygens (including phenoxy) is 1. The van der Waals surface area contributed by atoms with E-state index in [0.29, 0.717) is 16.3 Å². The number of aromatic carboxylic acids is 1. The molecule has 0 bridgehead atoms. The van der Waals surface area contributed by atoms with E-state index in [1.54, 1.807) is 30.7 Å². The normalized spacial score (nSPS) is 10.8. The molecular weight excluding hydrogens is 242 g/mol. The first kappa shape index (κ1) is 11.8. The van der Waals surface area contributed by atoms with Crippen molar-refractivity contribution in [3.63, 3.8) is 0 Å². The van der Waals surface area contributed by atoms with E-state index in [2.05, 4.69) is 0 Å². The van der Waals surface area contributed by atoms with E-state index >= 15 is 0 Å². The van der Waals surface area contributed by atoms with Gasteiger partial charge in [0.25, 0.3) is 0 Å². The maximum Gasteiger partial charge on any atom is 0.352 e. The summed E-state index contributed by atoms with van der Waals surface area (Å²) < 4.78 is 6.75. The van der Waals surface area contributed by atoms with E-state index in [9.17, 15) is 4.79 Å². The SMILES string of the molecule is COc1ccc2c(c(C)c(C(=O)O)n2C)c1Cl. The van der Waals surface area contributed by atoms with Gasteiger partial charge in [-0.25, -0.2) is 4.79 Å². The molecule has 1 heterocycles. The second-order valence-corrected chi connectivity index (χ2v) is 4.19. The van der Waals surface area contributed by atoms with Gasteiger partial charge in [0.1, 0.15) is 11.4 Å². The first-order valence-electron chi connectivity index (χ1n) is 5.03. The number of carbonyl (C=O) groups is 1. The van der Waals surface area contributed by atoms with Crippen molar-refractivity contribution in [2.45, 2.75) is 6.92 Å². The highest BCUT2D eigenvalue weighted by atomic mass is 35.5. The Morgan fingerprint density at radius 1 is 1.47 bits per heavy atom. The summed E-state index contributed by atoms with van der Waals surface area (Å²) in [6.45, 7) is 1.75. The molecule has 0 amide bonds. The number of carboxylic acid groups (broad SMARTS) is 1. The quantitative estimate of drug-likeness (QED) is 0.895. The lowest BCUT2D eigenvalue weighted by molar-refractivity contribution is 0.0686. The van der Waals surface area contributed by atoms with E-state index in [1.165, 1.54) is 7.11 Å². The molecule has 2 rings (SSSR count). The van der Waals surface area contributed by atoms with Crippen LogP contribution in [0.5, 0.6) is 5.75 Å². The average molecular weight is 254 g/mol. The fourth-order valence-corrected chi connectivity index (χ4v) is 2.51. The highest BCUT2D eigenvalue weighted by molar-refractivity contribution is 6.37. The van der Waals surface area contributed by atoms with Gasteiger partial charge < -0.3 is 14.4 Å². The molecule has 90 valence electrons. The number of aryl methyl sites for hydroxylation is 2. The summed E-state index contributed by atoms with van der Waals surface area (Å²) in [6.07, 6.45) is 0. The standard InChI is InChI=1S/C12H12ClNO3/c1-6-9-7(14(2)11(6)12(15)16)4-5-8(17-3)10(9)13/h4-5H,1-3H3,(H,15,16). The molecule has 0 saturated heterocycles. The molecule has 0 aliphatic rings. The van der Waals surface area contributed by atoms with Crippen LogP contribution in [0.3, 0.4) is 0 Å². The van der Waals surface area contributed by atoms with Crippen LogP contribution in [0.4, 0.5) is 0 Å². The minimum Gasteiger partial charge on any atom is -0.495 e. The second-order valence-electron chi connectivity index (χ2n) is 3.81. The van der Waals surface area contributed by atoms with Crippen molar-refractivity contribution in [2.24, 2.45) is 7.05 Å². The summed E-state index contributed by atoms with van der Waals surface area (Å²) in [6, 6.07) is 3.54. The van der Waals surface area contributed by atoms with E-state index in [1.807, 2.05) is 0 Å². The topological polar surface area (TPSA) is 51.5 Å². The van der Waals surface area contributed by atoms with Crippen LogP contribution in [-0.4, -0.2) is 22.8 Å².